The number of esters is 2. The molecule has 4 heteroatoms. The molecule has 0 aromatic heterocycles. The quantitative estimate of drug-likeness (QED) is 0.475. The van der Waals surface area contributed by atoms with Crippen molar-refractivity contribution in [1.82, 2.24) is 0 Å². The van der Waals surface area contributed by atoms with E-state index in [1.54, 1.807) is 6.92 Å². The Labute approximate surface area is 134 Å². The van der Waals surface area contributed by atoms with Crippen molar-refractivity contribution >= 4 is 11.9 Å². The van der Waals surface area contributed by atoms with Gasteiger partial charge < -0.3 is 9.47 Å². The molecule has 0 bridgehead atoms. The molecule has 4 nitrogen and oxygen atoms in total. The Hall–Kier alpha value is -1.06. The molecule has 0 radical (unpaired) electrons. The molecule has 1 saturated carbocycles. The zero-order valence-corrected chi connectivity index (χ0v) is 14.4. The minimum absolute atomic E-state index is 0.207. The van der Waals surface area contributed by atoms with Gasteiger partial charge in [0.05, 0.1) is 25.0 Å². The zero-order chi connectivity index (χ0) is 16.4. The molecule has 0 aromatic carbocycles. The summed E-state index contributed by atoms with van der Waals surface area (Å²) in [5, 5.41) is 0. The number of rotatable bonds is 9. The molecule has 0 amide bonds. The van der Waals surface area contributed by atoms with Crippen molar-refractivity contribution in [1.29, 1.82) is 0 Å². The summed E-state index contributed by atoms with van der Waals surface area (Å²) in [5.41, 5.74) is 0. The minimum atomic E-state index is -0.304. The normalized spacial score (nSPS) is 21.6. The van der Waals surface area contributed by atoms with E-state index in [4.69, 9.17) is 9.47 Å². The van der Waals surface area contributed by atoms with Crippen LogP contribution < -0.4 is 0 Å². The van der Waals surface area contributed by atoms with Gasteiger partial charge in [0.25, 0.3) is 0 Å². The summed E-state index contributed by atoms with van der Waals surface area (Å²) < 4.78 is 10.5. The molecule has 2 atom stereocenters. The number of hydrogen-bond acceptors (Lipinski definition) is 4. The minimum Gasteiger partial charge on any atom is -0.466 e. The van der Waals surface area contributed by atoms with Gasteiger partial charge in [0, 0.05) is 0 Å². The highest BCUT2D eigenvalue weighted by Gasteiger charge is 2.37. The molecule has 2 unspecified atom stereocenters. The van der Waals surface area contributed by atoms with Gasteiger partial charge >= 0.3 is 11.9 Å². The van der Waals surface area contributed by atoms with Crippen molar-refractivity contribution in [3.63, 3.8) is 0 Å². The lowest BCUT2D eigenvalue weighted by atomic mass is 9.79. The average molecular weight is 312 g/mol. The number of unbranched alkanes of at least 4 members (excludes halogenated alkanes) is 2. The summed E-state index contributed by atoms with van der Waals surface area (Å²) in [6.07, 6.45) is 7.88. The van der Waals surface area contributed by atoms with E-state index in [0.717, 1.165) is 44.4 Å². The summed E-state index contributed by atoms with van der Waals surface area (Å²) in [7, 11) is 0. The molecule has 0 aromatic rings. The topological polar surface area (TPSA) is 52.6 Å². The van der Waals surface area contributed by atoms with E-state index in [0.29, 0.717) is 13.2 Å². The van der Waals surface area contributed by atoms with Crippen LogP contribution in [0.25, 0.3) is 0 Å². The van der Waals surface area contributed by atoms with E-state index in [9.17, 15) is 9.59 Å². The van der Waals surface area contributed by atoms with E-state index >= 15 is 0 Å². The van der Waals surface area contributed by atoms with Crippen LogP contribution in [0, 0.1) is 17.8 Å². The molecular weight excluding hydrogens is 280 g/mol. The fraction of sp³-hybridized carbons (Fsp3) is 0.889. The molecular formula is C18H32O4. The summed E-state index contributed by atoms with van der Waals surface area (Å²) >= 11 is 0. The summed E-state index contributed by atoms with van der Waals surface area (Å²) in [4.78, 5) is 24.2. The molecule has 1 fully saturated rings. The van der Waals surface area contributed by atoms with Crippen molar-refractivity contribution in [2.75, 3.05) is 13.2 Å². The first kappa shape index (κ1) is 19.0. The average Bonchev–Trinajstić information content (AvgIpc) is 2.50. The van der Waals surface area contributed by atoms with Crippen molar-refractivity contribution in [3.8, 4) is 0 Å². The van der Waals surface area contributed by atoms with Crippen LogP contribution >= 0.6 is 0 Å². The van der Waals surface area contributed by atoms with Gasteiger partial charge in [-0.1, -0.05) is 46.0 Å². The van der Waals surface area contributed by atoms with Crippen LogP contribution in [0.5, 0.6) is 0 Å². The smallest absolute Gasteiger partial charge is 0.309 e. The van der Waals surface area contributed by atoms with Crippen LogP contribution in [0.2, 0.25) is 0 Å². The lowest BCUT2D eigenvalue weighted by Gasteiger charge is -2.28. The lowest BCUT2D eigenvalue weighted by molar-refractivity contribution is -0.162. The fourth-order valence-electron chi connectivity index (χ4n) is 3.06. The third-order valence-corrected chi connectivity index (χ3v) is 4.33. The standard InChI is InChI=1S/C18H32O4/c1-4-21-17(19)15-11-7-8-12-16(15)18(20)22-13-9-5-6-10-14(2)3/h14-16H,4-13H2,1-3H3. The molecule has 128 valence electrons. The van der Waals surface area contributed by atoms with Gasteiger partial charge in [-0.15, -0.1) is 0 Å². The Morgan fingerprint density at radius 2 is 1.55 bits per heavy atom. The second-order valence-corrected chi connectivity index (χ2v) is 6.66. The molecule has 1 aliphatic rings. The molecule has 1 aliphatic carbocycles. The fourth-order valence-corrected chi connectivity index (χ4v) is 3.06. The molecule has 0 spiro atoms. The molecule has 22 heavy (non-hydrogen) atoms. The summed E-state index contributed by atoms with van der Waals surface area (Å²) in [6, 6.07) is 0. The molecule has 0 heterocycles. The van der Waals surface area contributed by atoms with Crippen LogP contribution in [0.15, 0.2) is 0 Å². The second kappa shape index (κ2) is 10.6. The summed E-state index contributed by atoms with van der Waals surface area (Å²) in [5.74, 6) is -0.316. The first-order valence-corrected chi connectivity index (χ1v) is 8.89. The van der Waals surface area contributed by atoms with Crippen LogP contribution in [-0.2, 0) is 19.1 Å². The van der Waals surface area contributed by atoms with E-state index in [2.05, 4.69) is 13.8 Å². The van der Waals surface area contributed by atoms with Gasteiger partial charge in [0.15, 0.2) is 0 Å². The van der Waals surface area contributed by atoms with E-state index < -0.39 is 0 Å². The molecule has 1 rings (SSSR count). The number of carbonyl (C=O) groups is 2. The number of hydrogen-bond donors (Lipinski definition) is 0. The highest BCUT2D eigenvalue weighted by molar-refractivity contribution is 5.82. The Morgan fingerprint density at radius 3 is 2.09 bits per heavy atom. The maximum absolute atomic E-state index is 12.2. The Bertz CT molecular complexity index is 338. The third kappa shape index (κ3) is 6.80. The van der Waals surface area contributed by atoms with Crippen molar-refractivity contribution in [3.05, 3.63) is 0 Å². The largest absolute Gasteiger partial charge is 0.466 e. The van der Waals surface area contributed by atoms with Gasteiger partial charge in [-0.25, -0.2) is 0 Å². The van der Waals surface area contributed by atoms with Crippen molar-refractivity contribution < 1.29 is 19.1 Å². The van der Waals surface area contributed by atoms with Crippen LogP contribution in [-0.4, -0.2) is 25.2 Å². The predicted molar refractivity (Wildman–Crippen MR) is 86.3 cm³/mol. The number of ether oxygens (including phenoxy) is 2. The van der Waals surface area contributed by atoms with E-state index in [1.165, 1.54) is 12.8 Å². The molecule has 0 aliphatic heterocycles. The maximum Gasteiger partial charge on any atom is 0.309 e. The first-order valence-electron chi connectivity index (χ1n) is 8.89. The second-order valence-electron chi connectivity index (χ2n) is 6.66. The van der Waals surface area contributed by atoms with Crippen LogP contribution in [0.4, 0.5) is 0 Å². The molecule has 0 N–H and O–H groups in total. The van der Waals surface area contributed by atoms with Crippen molar-refractivity contribution in [2.45, 2.75) is 72.1 Å². The van der Waals surface area contributed by atoms with Crippen LogP contribution in [0.3, 0.4) is 0 Å². The highest BCUT2D eigenvalue weighted by atomic mass is 16.5. The Balaban J connectivity index is 2.30. The SMILES string of the molecule is CCOC(=O)C1CCCCC1C(=O)OCCCCCC(C)C. The van der Waals surface area contributed by atoms with E-state index in [1.807, 2.05) is 0 Å². The van der Waals surface area contributed by atoms with Gasteiger partial charge in [0.1, 0.15) is 0 Å². The third-order valence-electron chi connectivity index (χ3n) is 4.33. The van der Waals surface area contributed by atoms with Gasteiger partial charge in [-0.3, -0.25) is 9.59 Å². The Morgan fingerprint density at radius 1 is 0.955 bits per heavy atom. The van der Waals surface area contributed by atoms with E-state index in [-0.39, 0.29) is 23.8 Å². The lowest BCUT2D eigenvalue weighted by Crippen LogP contribution is -2.35. The Kier molecular flexibility index (Phi) is 9.17. The monoisotopic (exact) mass is 312 g/mol. The zero-order valence-electron chi connectivity index (χ0n) is 14.4. The summed E-state index contributed by atoms with van der Waals surface area (Å²) in [6.45, 7) is 7.08. The maximum atomic E-state index is 12.2. The van der Waals surface area contributed by atoms with Gasteiger partial charge in [-0.2, -0.15) is 0 Å². The first-order chi connectivity index (χ1) is 10.6. The van der Waals surface area contributed by atoms with Gasteiger partial charge in [0.2, 0.25) is 0 Å². The molecule has 0 saturated heterocycles. The van der Waals surface area contributed by atoms with Crippen molar-refractivity contribution in [2.24, 2.45) is 17.8 Å². The van der Waals surface area contributed by atoms with Gasteiger partial charge in [-0.05, 0) is 32.1 Å². The van der Waals surface area contributed by atoms with Crippen LogP contribution in [0.1, 0.15) is 72.1 Å². The number of carbonyl (C=O) groups excluding carboxylic acids is 2. The predicted octanol–water partition coefficient (Wildman–Crippen LogP) is 4.12. The highest BCUT2D eigenvalue weighted by Crippen LogP contribution is 2.32.